The highest BCUT2D eigenvalue weighted by Crippen LogP contribution is 2.21. The molecule has 0 fully saturated rings. The summed E-state index contributed by atoms with van der Waals surface area (Å²) in [4.78, 5) is 12.2. The molecule has 3 aromatic rings. The van der Waals surface area contributed by atoms with Crippen molar-refractivity contribution in [2.45, 2.75) is 13.5 Å². The molecule has 1 heterocycles. The number of carbonyl (C=O) groups excluding carboxylic acids is 1. The average Bonchev–Trinajstić information content (AvgIpc) is 3.12. The van der Waals surface area contributed by atoms with Crippen LogP contribution >= 0.6 is 11.6 Å². The van der Waals surface area contributed by atoms with Crippen molar-refractivity contribution < 1.29 is 9.53 Å². The Kier molecular flexibility index (Phi) is 5.36. The van der Waals surface area contributed by atoms with Crippen molar-refractivity contribution in [2.75, 3.05) is 6.61 Å². The topological polar surface area (TPSA) is 67.0 Å². The number of nitrogens with one attached hydrogen (secondary N) is 2. The minimum absolute atomic E-state index is 0.209. The minimum Gasteiger partial charge on any atom is -0.494 e. The molecule has 0 aliphatic heterocycles. The molecule has 1 aromatic heterocycles. The molecule has 0 aliphatic rings. The third-order valence-electron chi connectivity index (χ3n) is 3.65. The number of aromatic nitrogens is 2. The van der Waals surface area contributed by atoms with E-state index >= 15 is 0 Å². The number of rotatable bonds is 6. The fourth-order valence-corrected chi connectivity index (χ4v) is 2.48. The highest BCUT2D eigenvalue weighted by molar-refractivity contribution is 6.30. The third-order valence-corrected chi connectivity index (χ3v) is 3.90. The van der Waals surface area contributed by atoms with E-state index in [9.17, 15) is 4.79 Å². The number of H-pyrrole nitrogens is 1. The first-order chi connectivity index (χ1) is 12.2. The van der Waals surface area contributed by atoms with Crippen LogP contribution in [0.1, 0.15) is 23.0 Å². The first-order valence-corrected chi connectivity index (χ1v) is 8.35. The number of hydrogen-bond donors (Lipinski definition) is 2. The zero-order valence-corrected chi connectivity index (χ0v) is 14.5. The average molecular weight is 356 g/mol. The Morgan fingerprint density at radius 3 is 2.56 bits per heavy atom. The Hall–Kier alpha value is -2.79. The van der Waals surface area contributed by atoms with Gasteiger partial charge in [0.15, 0.2) is 0 Å². The summed E-state index contributed by atoms with van der Waals surface area (Å²) in [5, 5.41) is 10.5. The number of amides is 1. The summed E-state index contributed by atoms with van der Waals surface area (Å²) in [5.74, 6) is 0.599. The standard InChI is InChI=1S/C19H18ClN3O2/c1-2-25-16-9-5-14(6-10-16)17-11-18(23-22-17)19(24)21-12-13-3-7-15(20)8-4-13/h3-11H,2,12H2,1H3,(H,21,24)(H,22,23). The minimum atomic E-state index is -0.209. The van der Waals surface area contributed by atoms with Gasteiger partial charge in [-0.3, -0.25) is 9.89 Å². The van der Waals surface area contributed by atoms with E-state index in [0.29, 0.717) is 29.6 Å². The van der Waals surface area contributed by atoms with Crippen LogP contribution in [-0.4, -0.2) is 22.7 Å². The van der Waals surface area contributed by atoms with E-state index in [1.165, 1.54) is 0 Å². The van der Waals surface area contributed by atoms with Gasteiger partial charge >= 0.3 is 0 Å². The van der Waals surface area contributed by atoms with Crippen molar-refractivity contribution >= 4 is 17.5 Å². The van der Waals surface area contributed by atoms with Crippen LogP contribution in [0.5, 0.6) is 5.75 Å². The van der Waals surface area contributed by atoms with Crippen LogP contribution in [0.2, 0.25) is 5.02 Å². The largest absolute Gasteiger partial charge is 0.494 e. The summed E-state index contributed by atoms with van der Waals surface area (Å²) >= 11 is 5.85. The lowest BCUT2D eigenvalue weighted by molar-refractivity contribution is 0.0946. The Balaban J connectivity index is 1.63. The lowest BCUT2D eigenvalue weighted by atomic mass is 10.1. The van der Waals surface area contributed by atoms with Gasteiger partial charge in [0.2, 0.25) is 0 Å². The molecule has 5 nitrogen and oxygen atoms in total. The van der Waals surface area contributed by atoms with Crippen molar-refractivity contribution in [3.05, 3.63) is 70.9 Å². The van der Waals surface area contributed by atoms with Crippen LogP contribution in [0.3, 0.4) is 0 Å². The Bertz CT molecular complexity index is 842. The Labute approximate surface area is 151 Å². The summed E-state index contributed by atoms with van der Waals surface area (Å²) < 4.78 is 5.42. The fraction of sp³-hybridized carbons (Fsp3) is 0.158. The van der Waals surface area contributed by atoms with E-state index in [0.717, 1.165) is 16.9 Å². The molecular weight excluding hydrogens is 338 g/mol. The van der Waals surface area contributed by atoms with Crippen LogP contribution in [0.4, 0.5) is 0 Å². The van der Waals surface area contributed by atoms with E-state index in [1.807, 2.05) is 43.3 Å². The number of aromatic amines is 1. The van der Waals surface area contributed by atoms with Crippen molar-refractivity contribution in [3.63, 3.8) is 0 Å². The lowest BCUT2D eigenvalue weighted by Crippen LogP contribution is -2.23. The van der Waals surface area contributed by atoms with Crippen molar-refractivity contribution in [2.24, 2.45) is 0 Å². The molecule has 0 saturated carbocycles. The van der Waals surface area contributed by atoms with Crippen LogP contribution in [0.15, 0.2) is 54.6 Å². The van der Waals surface area contributed by atoms with Gasteiger partial charge in [0.25, 0.3) is 5.91 Å². The first kappa shape index (κ1) is 17.0. The molecule has 0 radical (unpaired) electrons. The molecular formula is C19H18ClN3O2. The zero-order valence-electron chi connectivity index (χ0n) is 13.8. The quantitative estimate of drug-likeness (QED) is 0.700. The molecule has 0 atom stereocenters. The van der Waals surface area contributed by atoms with Crippen molar-refractivity contribution in [1.29, 1.82) is 0 Å². The molecule has 2 aromatic carbocycles. The first-order valence-electron chi connectivity index (χ1n) is 7.97. The second-order valence-corrected chi connectivity index (χ2v) is 5.87. The van der Waals surface area contributed by atoms with Gasteiger partial charge in [0.05, 0.1) is 12.3 Å². The lowest BCUT2D eigenvalue weighted by Gasteiger charge is -2.04. The summed E-state index contributed by atoms with van der Waals surface area (Å²) in [5.41, 5.74) is 3.01. The molecule has 1 amide bonds. The molecule has 0 aliphatic carbocycles. The van der Waals surface area contributed by atoms with Crippen molar-refractivity contribution in [3.8, 4) is 17.0 Å². The summed E-state index contributed by atoms with van der Waals surface area (Å²) in [6.45, 7) is 2.99. The van der Waals surface area contributed by atoms with Crippen molar-refractivity contribution in [1.82, 2.24) is 15.5 Å². The van der Waals surface area contributed by atoms with E-state index in [2.05, 4.69) is 15.5 Å². The summed E-state index contributed by atoms with van der Waals surface area (Å²) in [7, 11) is 0. The van der Waals surface area contributed by atoms with Crippen LogP contribution in [-0.2, 0) is 6.54 Å². The molecule has 128 valence electrons. The second-order valence-electron chi connectivity index (χ2n) is 5.43. The number of hydrogen-bond acceptors (Lipinski definition) is 3. The molecule has 0 unspecified atom stereocenters. The van der Waals surface area contributed by atoms with Gasteiger partial charge in [-0.25, -0.2) is 0 Å². The SMILES string of the molecule is CCOc1ccc(-c2cc(C(=O)NCc3ccc(Cl)cc3)[nH]n2)cc1. The van der Waals surface area contributed by atoms with Gasteiger partial charge in [-0.2, -0.15) is 5.10 Å². The molecule has 6 heteroatoms. The fourth-order valence-electron chi connectivity index (χ4n) is 2.35. The van der Waals surface area contributed by atoms with Gasteiger partial charge in [-0.05, 0) is 55.0 Å². The van der Waals surface area contributed by atoms with Crippen LogP contribution in [0.25, 0.3) is 11.3 Å². The highest BCUT2D eigenvalue weighted by Gasteiger charge is 2.11. The third kappa shape index (κ3) is 4.39. The maximum Gasteiger partial charge on any atom is 0.269 e. The molecule has 0 bridgehead atoms. The van der Waals surface area contributed by atoms with Gasteiger partial charge in [0.1, 0.15) is 11.4 Å². The Morgan fingerprint density at radius 1 is 1.16 bits per heavy atom. The van der Waals surface area contributed by atoms with Crippen LogP contribution < -0.4 is 10.1 Å². The maximum absolute atomic E-state index is 12.2. The maximum atomic E-state index is 12.2. The Morgan fingerprint density at radius 2 is 1.88 bits per heavy atom. The monoisotopic (exact) mass is 355 g/mol. The molecule has 0 saturated heterocycles. The number of benzene rings is 2. The van der Waals surface area contributed by atoms with Crippen LogP contribution in [0, 0.1) is 0 Å². The summed E-state index contributed by atoms with van der Waals surface area (Å²) in [6, 6.07) is 16.7. The van der Waals surface area contributed by atoms with E-state index in [4.69, 9.17) is 16.3 Å². The molecule has 3 rings (SSSR count). The van der Waals surface area contributed by atoms with E-state index in [1.54, 1.807) is 18.2 Å². The van der Waals surface area contributed by atoms with Gasteiger partial charge in [-0.15, -0.1) is 0 Å². The van der Waals surface area contributed by atoms with Gasteiger partial charge in [-0.1, -0.05) is 23.7 Å². The van der Waals surface area contributed by atoms with E-state index < -0.39 is 0 Å². The second kappa shape index (κ2) is 7.85. The molecule has 2 N–H and O–H groups in total. The normalized spacial score (nSPS) is 10.5. The highest BCUT2D eigenvalue weighted by atomic mass is 35.5. The zero-order chi connectivity index (χ0) is 17.6. The molecule has 25 heavy (non-hydrogen) atoms. The number of ether oxygens (including phenoxy) is 1. The van der Waals surface area contributed by atoms with Gasteiger partial charge < -0.3 is 10.1 Å². The molecule has 0 spiro atoms. The number of halogens is 1. The summed E-state index contributed by atoms with van der Waals surface area (Å²) in [6.07, 6.45) is 0. The van der Waals surface area contributed by atoms with E-state index in [-0.39, 0.29) is 5.91 Å². The predicted octanol–water partition coefficient (Wildman–Crippen LogP) is 4.06. The number of nitrogens with zero attached hydrogens (tertiary/aromatic N) is 1. The number of carbonyl (C=O) groups is 1. The predicted molar refractivity (Wildman–Crippen MR) is 97.8 cm³/mol. The van der Waals surface area contributed by atoms with Gasteiger partial charge in [0, 0.05) is 17.1 Å². The smallest absolute Gasteiger partial charge is 0.269 e.